The van der Waals surface area contributed by atoms with E-state index in [2.05, 4.69) is 0 Å². The minimum absolute atomic E-state index is 0.130. The van der Waals surface area contributed by atoms with Gasteiger partial charge in [-0.3, -0.25) is 0 Å². The molecular formula is C9H11ClO5S. The van der Waals surface area contributed by atoms with E-state index < -0.39 is 14.8 Å². The van der Waals surface area contributed by atoms with Crippen LogP contribution in [0.15, 0.2) is 12.1 Å². The molecule has 0 bridgehead atoms. The molecule has 90 valence electrons. The highest BCUT2D eigenvalue weighted by atomic mass is 35.7. The zero-order chi connectivity index (χ0) is 12.3. The lowest BCUT2D eigenvalue weighted by Gasteiger charge is -2.10. The molecule has 0 aliphatic heterocycles. The highest BCUT2D eigenvalue weighted by Crippen LogP contribution is 2.34. The van der Waals surface area contributed by atoms with E-state index in [-0.39, 0.29) is 17.2 Å². The minimum atomic E-state index is -3.69. The van der Waals surface area contributed by atoms with Gasteiger partial charge in [0.15, 0.2) is 11.5 Å². The highest BCUT2D eigenvalue weighted by molar-refractivity contribution is 8.13. The number of phenolic OH excluding ortho intramolecular Hbond substituents is 1. The number of halogens is 1. The number of rotatable bonds is 4. The Morgan fingerprint density at radius 2 is 1.81 bits per heavy atom. The average Bonchev–Trinajstić information content (AvgIpc) is 2.18. The van der Waals surface area contributed by atoms with Crippen molar-refractivity contribution in [3.8, 4) is 17.2 Å². The molecule has 1 aromatic rings. The van der Waals surface area contributed by atoms with Crippen molar-refractivity contribution in [1.29, 1.82) is 0 Å². The maximum Gasteiger partial charge on any atom is 0.236 e. The van der Waals surface area contributed by atoms with Crippen LogP contribution >= 0.6 is 10.7 Å². The molecule has 0 aliphatic rings. The Hall–Kier alpha value is -1.14. The summed E-state index contributed by atoms with van der Waals surface area (Å²) in [7, 11) is 4.18. The van der Waals surface area contributed by atoms with Gasteiger partial charge in [-0.05, 0) is 6.07 Å². The van der Waals surface area contributed by atoms with Crippen molar-refractivity contribution in [2.45, 2.75) is 5.75 Å². The van der Waals surface area contributed by atoms with Crippen LogP contribution in [-0.4, -0.2) is 27.7 Å². The quantitative estimate of drug-likeness (QED) is 0.836. The van der Waals surface area contributed by atoms with Gasteiger partial charge in [0, 0.05) is 22.3 Å². The van der Waals surface area contributed by atoms with Crippen LogP contribution in [0.3, 0.4) is 0 Å². The molecule has 0 aromatic heterocycles. The summed E-state index contributed by atoms with van der Waals surface area (Å²) in [6, 6.07) is 2.64. The van der Waals surface area contributed by atoms with Crippen LogP contribution < -0.4 is 9.47 Å². The van der Waals surface area contributed by atoms with Gasteiger partial charge >= 0.3 is 0 Å². The fourth-order valence-corrected chi connectivity index (χ4v) is 2.19. The van der Waals surface area contributed by atoms with E-state index in [0.29, 0.717) is 5.56 Å². The molecule has 16 heavy (non-hydrogen) atoms. The number of ether oxygens (including phenoxy) is 2. The maximum atomic E-state index is 11.0. The molecule has 1 aromatic carbocycles. The van der Waals surface area contributed by atoms with Crippen LogP contribution in [0.1, 0.15) is 5.56 Å². The van der Waals surface area contributed by atoms with Gasteiger partial charge < -0.3 is 14.6 Å². The summed E-state index contributed by atoms with van der Waals surface area (Å²) >= 11 is 0. The molecule has 0 spiro atoms. The SMILES string of the molecule is COc1cc(CS(=O)(=O)Cl)c(OC)cc1O. The topological polar surface area (TPSA) is 72.8 Å². The Labute approximate surface area is 98.0 Å². The molecule has 0 radical (unpaired) electrons. The van der Waals surface area contributed by atoms with Crippen molar-refractivity contribution in [2.24, 2.45) is 0 Å². The lowest BCUT2D eigenvalue weighted by Crippen LogP contribution is -1.99. The number of aromatic hydroxyl groups is 1. The minimum Gasteiger partial charge on any atom is -0.504 e. The number of methoxy groups -OCH3 is 2. The molecule has 0 heterocycles. The molecule has 1 N–H and O–H groups in total. The first-order chi connectivity index (χ1) is 7.37. The van der Waals surface area contributed by atoms with Crippen LogP contribution in [0.5, 0.6) is 17.2 Å². The summed E-state index contributed by atoms with van der Waals surface area (Å²) in [4.78, 5) is 0. The molecule has 5 nitrogen and oxygen atoms in total. The fraction of sp³-hybridized carbons (Fsp3) is 0.333. The molecule has 1 rings (SSSR count). The molecule has 0 saturated carbocycles. The molecule has 0 atom stereocenters. The summed E-state index contributed by atoms with van der Waals surface area (Å²) in [6.07, 6.45) is 0. The van der Waals surface area contributed by atoms with Crippen LogP contribution in [-0.2, 0) is 14.8 Å². The Bertz CT molecular complexity index is 483. The number of hydrogen-bond acceptors (Lipinski definition) is 5. The first-order valence-corrected chi connectivity index (χ1v) is 6.71. The second-order valence-corrected chi connectivity index (χ2v) is 5.80. The van der Waals surface area contributed by atoms with Crippen molar-refractivity contribution < 1.29 is 23.0 Å². The second-order valence-electron chi connectivity index (χ2n) is 3.02. The molecule has 0 fully saturated rings. The zero-order valence-corrected chi connectivity index (χ0v) is 10.3. The van der Waals surface area contributed by atoms with Gasteiger partial charge in [0.2, 0.25) is 9.05 Å². The second kappa shape index (κ2) is 4.80. The van der Waals surface area contributed by atoms with Gasteiger partial charge in [-0.15, -0.1) is 0 Å². The largest absolute Gasteiger partial charge is 0.504 e. The summed E-state index contributed by atoms with van der Waals surface area (Å²) in [5.74, 6) is -0.123. The van der Waals surface area contributed by atoms with Crippen LogP contribution in [0.25, 0.3) is 0 Å². The van der Waals surface area contributed by atoms with E-state index >= 15 is 0 Å². The molecule has 0 aliphatic carbocycles. The Morgan fingerprint density at radius 3 is 2.25 bits per heavy atom. The normalized spacial score (nSPS) is 11.2. The monoisotopic (exact) mass is 266 g/mol. The van der Waals surface area contributed by atoms with Gasteiger partial charge in [0.1, 0.15) is 5.75 Å². The summed E-state index contributed by atoms with van der Waals surface area (Å²) in [5, 5.41) is 9.46. The van der Waals surface area contributed by atoms with E-state index in [1.165, 1.54) is 26.4 Å². The van der Waals surface area contributed by atoms with E-state index in [1.54, 1.807) is 0 Å². The molecule has 0 saturated heterocycles. The van der Waals surface area contributed by atoms with Crippen LogP contribution in [0, 0.1) is 0 Å². The Kier molecular flexibility index (Phi) is 3.88. The Balaban J connectivity index is 3.25. The van der Waals surface area contributed by atoms with Crippen molar-refractivity contribution >= 4 is 19.7 Å². The first kappa shape index (κ1) is 12.9. The predicted octanol–water partition coefficient (Wildman–Crippen LogP) is 1.48. The zero-order valence-electron chi connectivity index (χ0n) is 8.73. The van der Waals surface area contributed by atoms with Crippen LogP contribution in [0.4, 0.5) is 0 Å². The lowest BCUT2D eigenvalue weighted by molar-refractivity contribution is 0.364. The van der Waals surface area contributed by atoms with Gasteiger partial charge in [-0.25, -0.2) is 8.42 Å². The third kappa shape index (κ3) is 3.18. The smallest absolute Gasteiger partial charge is 0.236 e. The van der Waals surface area contributed by atoms with Crippen molar-refractivity contribution in [3.05, 3.63) is 17.7 Å². The van der Waals surface area contributed by atoms with Gasteiger partial charge in [0.05, 0.1) is 20.0 Å². The fourth-order valence-electron chi connectivity index (χ4n) is 1.24. The first-order valence-electron chi connectivity index (χ1n) is 4.23. The van der Waals surface area contributed by atoms with E-state index in [9.17, 15) is 13.5 Å². The summed E-state index contributed by atoms with van der Waals surface area (Å²) in [5.41, 5.74) is 0.326. The Morgan fingerprint density at radius 1 is 1.25 bits per heavy atom. The summed E-state index contributed by atoms with van der Waals surface area (Å²) in [6.45, 7) is 0. The summed E-state index contributed by atoms with van der Waals surface area (Å²) < 4.78 is 31.7. The molecule has 7 heteroatoms. The van der Waals surface area contributed by atoms with Gasteiger partial charge in [-0.2, -0.15) is 0 Å². The van der Waals surface area contributed by atoms with Crippen molar-refractivity contribution in [1.82, 2.24) is 0 Å². The number of benzene rings is 1. The third-order valence-electron chi connectivity index (χ3n) is 1.91. The molecular weight excluding hydrogens is 256 g/mol. The lowest BCUT2D eigenvalue weighted by atomic mass is 10.2. The molecule has 0 unspecified atom stereocenters. The number of phenols is 1. The van der Waals surface area contributed by atoms with Gasteiger partial charge in [-0.1, -0.05) is 0 Å². The standard InChI is InChI=1S/C9H11ClO5S/c1-14-8-4-7(11)9(15-2)3-6(8)5-16(10,12)13/h3-4,11H,5H2,1-2H3. The maximum absolute atomic E-state index is 11.0. The third-order valence-corrected chi connectivity index (χ3v) is 2.89. The van der Waals surface area contributed by atoms with Gasteiger partial charge in [0.25, 0.3) is 0 Å². The molecule has 0 amide bonds. The van der Waals surface area contributed by atoms with E-state index in [1.807, 2.05) is 0 Å². The number of hydrogen-bond donors (Lipinski definition) is 1. The van der Waals surface area contributed by atoms with Crippen LogP contribution in [0.2, 0.25) is 0 Å². The highest BCUT2D eigenvalue weighted by Gasteiger charge is 2.15. The average molecular weight is 267 g/mol. The van der Waals surface area contributed by atoms with Crippen molar-refractivity contribution in [2.75, 3.05) is 14.2 Å². The predicted molar refractivity (Wildman–Crippen MR) is 59.7 cm³/mol. The van der Waals surface area contributed by atoms with Crippen molar-refractivity contribution in [3.63, 3.8) is 0 Å². The van der Waals surface area contributed by atoms with E-state index in [0.717, 1.165) is 0 Å². The van der Waals surface area contributed by atoms with E-state index in [4.69, 9.17) is 20.2 Å².